The second kappa shape index (κ2) is 5.38. The van der Waals surface area contributed by atoms with Crippen molar-refractivity contribution in [3.05, 3.63) is 30.1 Å². The number of rotatable bonds is 3. The Balaban J connectivity index is 1.88. The lowest BCUT2D eigenvalue weighted by atomic mass is 10.2. The molecule has 3 rings (SSSR count). The van der Waals surface area contributed by atoms with Crippen molar-refractivity contribution in [2.24, 2.45) is 0 Å². The Morgan fingerprint density at radius 3 is 3.05 bits per heavy atom. The van der Waals surface area contributed by atoms with Crippen LogP contribution < -0.4 is 10.1 Å². The minimum atomic E-state index is -0.0130. The van der Waals surface area contributed by atoms with Crippen molar-refractivity contribution in [3.63, 3.8) is 0 Å². The van der Waals surface area contributed by atoms with Crippen molar-refractivity contribution in [2.45, 2.75) is 6.04 Å². The predicted molar refractivity (Wildman–Crippen MR) is 67.8 cm³/mol. The Morgan fingerprint density at radius 1 is 1.37 bits per heavy atom. The lowest BCUT2D eigenvalue weighted by Gasteiger charge is -2.20. The van der Waals surface area contributed by atoms with Crippen LogP contribution in [0.25, 0.3) is 11.5 Å². The van der Waals surface area contributed by atoms with Crippen LogP contribution in [0.2, 0.25) is 0 Å². The number of hydrogen-bond donors (Lipinski definition) is 1. The monoisotopic (exact) mass is 261 g/mol. The summed E-state index contributed by atoms with van der Waals surface area (Å²) in [5.41, 5.74) is 0.792. The number of methoxy groups -OCH3 is 1. The normalized spacial score (nSPS) is 19.3. The number of benzene rings is 1. The van der Waals surface area contributed by atoms with Crippen LogP contribution >= 0.6 is 0 Å². The number of nitrogens with one attached hydrogen (secondary N) is 1. The van der Waals surface area contributed by atoms with Gasteiger partial charge >= 0.3 is 0 Å². The molecule has 1 saturated heterocycles. The fraction of sp³-hybridized carbons (Fsp3) is 0.385. The third-order valence-electron chi connectivity index (χ3n) is 3.01. The van der Waals surface area contributed by atoms with E-state index in [2.05, 4.69) is 15.5 Å². The Hall–Kier alpha value is -1.92. The van der Waals surface area contributed by atoms with Crippen molar-refractivity contribution in [1.82, 2.24) is 15.5 Å². The Labute approximate surface area is 110 Å². The van der Waals surface area contributed by atoms with E-state index in [1.165, 1.54) is 0 Å². The second-order valence-electron chi connectivity index (χ2n) is 4.24. The molecule has 0 amide bonds. The molecular weight excluding hydrogens is 246 g/mol. The first-order valence-electron chi connectivity index (χ1n) is 6.16. The van der Waals surface area contributed by atoms with E-state index >= 15 is 0 Å². The van der Waals surface area contributed by atoms with Crippen LogP contribution in [-0.2, 0) is 4.74 Å². The summed E-state index contributed by atoms with van der Waals surface area (Å²) in [4.78, 5) is 4.41. The number of morpholine rings is 1. The molecule has 1 aromatic carbocycles. The summed E-state index contributed by atoms with van der Waals surface area (Å²) in [6.07, 6.45) is 0. The standard InChI is InChI=1S/C13H15N3O3/c1-17-11-5-3-2-4-9(11)13-15-12(16-19-13)10-8-18-7-6-14-10/h2-5,10,14H,6-8H2,1H3. The van der Waals surface area contributed by atoms with Gasteiger partial charge in [-0.25, -0.2) is 0 Å². The largest absolute Gasteiger partial charge is 0.496 e. The van der Waals surface area contributed by atoms with E-state index in [-0.39, 0.29) is 6.04 Å². The number of nitrogens with zero attached hydrogens (tertiary/aromatic N) is 2. The highest BCUT2D eigenvalue weighted by Crippen LogP contribution is 2.28. The van der Waals surface area contributed by atoms with Gasteiger partial charge in [-0.3, -0.25) is 0 Å². The van der Waals surface area contributed by atoms with Gasteiger partial charge in [0.15, 0.2) is 5.82 Å². The van der Waals surface area contributed by atoms with Crippen molar-refractivity contribution < 1.29 is 14.0 Å². The molecule has 1 aromatic heterocycles. The maximum atomic E-state index is 5.39. The Kier molecular flexibility index (Phi) is 3.43. The third kappa shape index (κ3) is 2.45. The van der Waals surface area contributed by atoms with Gasteiger partial charge in [0, 0.05) is 6.54 Å². The van der Waals surface area contributed by atoms with E-state index in [9.17, 15) is 0 Å². The zero-order valence-electron chi connectivity index (χ0n) is 10.6. The van der Waals surface area contributed by atoms with Crippen LogP contribution in [0.4, 0.5) is 0 Å². The average molecular weight is 261 g/mol. The van der Waals surface area contributed by atoms with Crippen molar-refractivity contribution in [1.29, 1.82) is 0 Å². The van der Waals surface area contributed by atoms with Gasteiger partial charge in [-0.15, -0.1) is 0 Å². The molecule has 0 spiro atoms. The molecule has 2 heterocycles. The minimum absolute atomic E-state index is 0.0130. The summed E-state index contributed by atoms with van der Waals surface area (Å²) in [5.74, 6) is 1.78. The van der Waals surface area contributed by atoms with E-state index in [1.807, 2.05) is 24.3 Å². The lowest BCUT2D eigenvalue weighted by Crippen LogP contribution is -2.35. The fourth-order valence-corrected chi connectivity index (χ4v) is 2.04. The van der Waals surface area contributed by atoms with Crippen LogP contribution in [0.15, 0.2) is 28.8 Å². The van der Waals surface area contributed by atoms with E-state index in [0.717, 1.165) is 12.1 Å². The molecule has 1 atom stereocenters. The average Bonchev–Trinajstić information content (AvgIpc) is 2.98. The Morgan fingerprint density at radius 2 is 2.26 bits per heavy atom. The van der Waals surface area contributed by atoms with Gasteiger partial charge in [-0.1, -0.05) is 17.3 Å². The molecule has 2 aromatic rings. The zero-order chi connectivity index (χ0) is 13.1. The summed E-state index contributed by atoms with van der Waals surface area (Å²) in [7, 11) is 1.62. The topological polar surface area (TPSA) is 69.4 Å². The molecule has 0 radical (unpaired) electrons. The molecule has 1 aliphatic heterocycles. The second-order valence-corrected chi connectivity index (χ2v) is 4.24. The quantitative estimate of drug-likeness (QED) is 0.900. The Bertz CT molecular complexity index is 550. The van der Waals surface area contributed by atoms with E-state index in [0.29, 0.717) is 30.7 Å². The predicted octanol–water partition coefficient (Wildman–Crippen LogP) is 1.41. The van der Waals surface area contributed by atoms with Crippen molar-refractivity contribution >= 4 is 0 Å². The molecule has 6 nitrogen and oxygen atoms in total. The number of para-hydroxylation sites is 1. The van der Waals surface area contributed by atoms with Crippen LogP contribution in [0.5, 0.6) is 5.75 Å². The van der Waals surface area contributed by atoms with Gasteiger partial charge in [0.1, 0.15) is 5.75 Å². The first-order valence-corrected chi connectivity index (χ1v) is 6.16. The van der Waals surface area contributed by atoms with Crippen molar-refractivity contribution in [2.75, 3.05) is 26.9 Å². The molecule has 19 heavy (non-hydrogen) atoms. The summed E-state index contributed by atoms with van der Waals surface area (Å²) >= 11 is 0. The highest BCUT2D eigenvalue weighted by atomic mass is 16.5. The van der Waals surface area contributed by atoms with Crippen LogP contribution in [0.3, 0.4) is 0 Å². The first-order chi connectivity index (χ1) is 9.38. The SMILES string of the molecule is COc1ccccc1-c1nc(C2COCCN2)no1. The van der Waals surface area contributed by atoms with E-state index in [4.69, 9.17) is 14.0 Å². The van der Waals surface area contributed by atoms with Gasteiger partial charge < -0.3 is 19.3 Å². The van der Waals surface area contributed by atoms with Gasteiger partial charge in [0.2, 0.25) is 0 Å². The van der Waals surface area contributed by atoms with Crippen LogP contribution in [0.1, 0.15) is 11.9 Å². The first kappa shape index (κ1) is 12.1. The van der Waals surface area contributed by atoms with Crippen LogP contribution in [0, 0.1) is 0 Å². The number of ether oxygens (including phenoxy) is 2. The van der Waals surface area contributed by atoms with Crippen molar-refractivity contribution in [3.8, 4) is 17.2 Å². The fourth-order valence-electron chi connectivity index (χ4n) is 2.04. The minimum Gasteiger partial charge on any atom is -0.496 e. The summed E-state index contributed by atoms with van der Waals surface area (Å²) in [6, 6.07) is 7.54. The smallest absolute Gasteiger partial charge is 0.261 e. The highest BCUT2D eigenvalue weighted by molar-refractivity contribution is 5.62. The molecule has 1 fully saturated rings. The molecule has 100 valence electrons. The highest BCUT2D eigenvalue weighted by Gasteiger charge is 2.22. The van der Waals surface area contributed by atoms with E-state index < -0.39 is 0 Å². The molecule has 6 heteroatoms. The molecule has 0 bridgehead atoms. The number of hydrogen-bond acceptors (Lipinski definition) is 6. The van der Waals surface area contributed by atoms with Gasteiger partial charge in [0.25, 0.3) is 5.89 Å². The van der Waals surface area contributed by atoms with Gasteiger partial charge in [-0.2, -0.15) is 4.98 Å². The van der Waals surface area contributed by atoms with Gasteiger partial charge in [0.05, 0.1) is 31.9 Å². The van der Waals surface area contributed by atoms with E-state index in [1.54, 1.807) is 7.11 Å². The number of aromatic nitrogens is 2. The molecule has 1 N–H and O–H groups in total. The molecule has 1 aliphatic rings. The molecule has 0 saturated carbocycles. The lowest BCUT2D eigenvalue weighted by molar-refractivity contribution is 0.0734. The molecule has 0 aliphatic carbocycles. The maximum Gasteiger partial charge on any atom is 0.261 e. The molecule has 1 unspecified atom stereocenters. The van der Waals surface area contributed by atoms with Crippen LogP contribution in [-0.4, -0.2) is 37.0 Å². The zero-order valence-corrected chi connectivity index (χ0v) is 10.6. The summed E-state index contributed by atoms with van der Waals surface area (Å²) < 4.78 is 16.0. The molecular formula is C13H15N3O3. The van der Waals surface area contributed by atoms with Gasteiger partial charge in [-0.05, 0) is 12.1 Å². The summed E-state index contributed by atoms with van der Waals surface area (Å²) in [5, 5.41) is 7.30. The third-order valence-corrected chi connectivity index (χ3v) is 3.01. The maximum absolute atomic E-state index is 5.39. The summed E-state index contributed by atoms with van der Waals surface area (Å²) in [6.45, 7) is 2.07.